The SMILES string of the molecule is COc1ccccc1NC(=O)C(C)SCc1cc(F)cc2cccnc12. The second kappa shape index (κ2) is 8.19. The number of anilines is 1. The van der Waals surface area contributed by atoms with Gasteiger partial charge in [-0.3, -0.25) is 9.78 Å². The fourth-order valence-corrected chi connectivity index (χ4v) is 3.47. The van der Waals surface area contributed by atoms with Crippen molar-refractivity contribution in [2.24, 2.45) is 0 Å². The predicted octanol–water partition coefficient (Wildman–Crippen LogP) is 4.64. The standard InChI is InChI=1S/C20H19FN2O2S/c1-13(20(24)23-17-7-3-4-8-18(17)25-2)26-12-15-11-16(21)10-14-6-5-9-22-19(14)15/h3-11,13H,12H2,1-2H3,(H,23,24). The Morgan fingerprint density at radius 1 is 1.27 bits per heavy atom. The molecule has 0 fully saturated rings. The minimum atomic E-state index is -0.318. The zero-order valence-electron chi connectivity index (χ0n) is 14.5. The number of rotatable bonds is 6. The van der Waals surface area contributed by atoms with Gasteiger partial charge in [0, 0.05) is 17.3 Å². The first-order valence-corrected chi connectivity index (χ1v) is 9.22. The largest absolute Gasteiger partial charge is 0.495 e. The number of halogens is 1. The highest BCUT2D eigenvalue weighted by molar-refractivity contribution is 7.99. The number of methoxy groups -OCH3 is 1. The number of hydrogen-bond donors (Lipinski definition) is 1. The van der Waals surface area contributed by atoms with Gasteiger partial charge in [0.15, 0.2) is 0 Å². The molecule has 1 aromatic heterocycles. The zero-order chi connectivity index (χ0) is 18.5. The molecule has 0 aliphatic carbocycles. The van der Waals surface area contributed by atoms with Crippen LogP contribution in [0.4, 0.5) is 10.1 Å². The first kappa shape index (κ1) is 18.2. The lowest BCUT2D eigenvalue weighted by Gasteiger charge is -2.14. The van der Waals surface area contributed by atoms with Crippen LogP contribution in [0, 0.1) is 5.82 Å². The lowest BCUT2D eigenvalue weighted by molar-refractivity contribution is -0.115. The Morgan fingerprint density at radius 3 is 2.88 bits per heavy atom. The predicted molar refractivity (Wildman–Crippen MR) is 104 cm³/mol. The molecule has 0 aliphatic rings. The molecule has 1 unspecified atom stereocenters. The summed E-state index contributed by atoms with van der Waals surface area (Å²) in [6.45, 7) is 1.82. The van der Waals surface area contributed by atoms with E-state index in [2.05, 4.69) is 10.3 Å². The van der Waals surface area contributed by atoms with E-state index in [1.165, 1.54) is 23.9 Å². The molecule has 0 aliphatic heterocycles. The molecule has 0 bridgehead atoms. The van der Waals surface area contributed by atoms with Crippen molar-refractivity contribution in [3.8, 4) is 5.75 Å². The van der Waals surface area contributed by atoms with Crippen molar-refractivity contribution in [3.63, 3.8) is 0 Å². The molecule has 3 aromatic rings. The van der Waals surface area contributed by atoms with E-state index in [-0.39, 0.29) is 17.0 Å². The second-order valence-corrected chi connectivity index (χ2v) is 7.11. The fraction of sp³-hybridized carbons (Fsp3) is 0.200. The van der Waals surface area contributed by atoms with Crippen LogP contribution in [0.25, 0.3) is 10.9 Å². The fourth-order valence-electron chi connectivity index (χ4n) is 2.61. The van der Waals surface area contributed by atoms with Crippen LogP contribution >= 0.6 is 11.8 Å². The molecular weight excluding hydrogens is 351 g/mol. The van der Waals surface area contributed by atoms with Gasteiger partial charge in [-0.25, -0.2) is 4.39 Å². The van der Waals surface area contributed by atoms with E-state index in [0.717, 1.165) is 16.5 Å². The average Bonchev–Trinajstić information content (AvgIpc) is 2.66. The summed E-state index contributed by atoms with van der Waals surface area (Å²) in [5.74, 6) is 0.671. The Kier molecular flexibility index (Phi) is 5.73. The number of nitrogens with zero attached hydrogens (tertiary/aromatic N) is 1. The van der Waals surface area contributed by atoms with Gasteiger partial charge in [-0.15, -0.1) is 11.8 Å². The summed E-state index contributed by atoms with van der Waals surface area (Å²) >= 11 is 1.43. The minimum absolute atomic E-state index is 0.131. The number of carbonyl (C=O) groups is 1. The van der Waals surface area contributed by atoms with Crippen molar-refractivity contribution in [2.75, 3.05) is 12.4 Å². The van der Waals surface area contributed by atoms with Crippen LogP contribution in [0.15, 0.2) is 54.7 Å². The van der Waals surface area contributed by atoms with Gasteiger partial charge in [-0.1, -0.05) is 18.2 Å². The summed E-state index contributed by atoms with van der Waals surface area (Å²) in [6, 6.07) is 13.8. The molecule has 0 saturated carbocycles. The molecule has 3 rings (SSSR count). The summed E-state index contributed by atoms with van der Waals surface area (Å²) in [5, 5.41) is 3.31. The molecule has 0 spiro atoms. The van der Waals surface area contributed by atoms with E-state index in [9.17, 15) is 9.18 Å². The van der Waals surface area contributed by atoms with Gasteiger partial charge >= 0.3 is 0 Å². The maximum Gasteiger partial charge on any atom is 0.237 e. The molecule has 1 atom stereocenters. The van der Waals surface area contributed by atoms with Crippen LogP contribution in [0.2, 0.25) is 0 Å². The lowest BCUT2D eigenvalue weighted by Crippen LogP contribution is -2.22. The molecule has 134 valence electrons. The monoisotopic (exact) mass is 370 g/mol. The van der Waals surface area contributed by atoms with E-state index in [4.69, 9.17) is 4.74 Å². The summed E-state index contributed by atoms with van der Waals surface area (Å²) in [5.41, 5.74) is 2.17. The highest BCUT2D eigenvalue weighted by atomic mass is 32.2. The van der Waals surface area contributed by atoms with Crippen molar-refractivity contribution >= 4 is 34.3 Å². The van der Waals surface area contributed by atoms with Gasteiger partial charge in [-0.05, 0) is 42.8 Å². The van der Waals surface area contributed by atoms with Crippen LogP contribution in [0.5, 0.6) is 5.75 Å². The summed E-state index contributed by atoms with van der Waals surface area (Å²) in [6.07, 6.45) is 1.69. The van der Waals surface area contributed by atoms with E-state index in [0.29, 0.717) is 17.2 Å². The number of amides is 1. The molecule has 1 heterocycles. The number of thioether (sulfide) groups is 1. The number of carbonyl (C=O) groups excluding carboxylic acids is 1. The Labute approximate surface area is 155 Å². The lowest BCUT2D eigenvalue weighted by atomic mass is 10.1. The number of pyridine rings is 1. The molecule has 4 nitrogen and oxygen atoms in total. The molecule has 1 N–H and O–H groups in total. The third kappa shape index (κ3) is 4.14. The Bertz CT molecular complexity index is 933. The van der Waals surface area contributed by atoms with Crippen molar-refractivity contribution < 1.29 is 13.9 Å². The normalized spacial score (nSPS) is 12.0. The number of para-hydroxylation sites is 2. The minimum Gasteiger partial charge on any atom is -0.495 e. The van der Waals surface area contributed by atoms with E-state index < -0.39 is 0 Å². The highest BCUT2D eigenvalue weighted by Gasteiger charge is 2.16. The molecule has 1 amide bonds. The first-order valence-electron chi connectivity index (χ1n) is 8.17. The highest BCUT2D eigenvalue weighted by Crippen LogP contribution is 2.27. The van der Waals surface area contributed by atoms with Gasteiger partial charge in [0.1, 0.15) is 11.6 Å². The van der Waals surface area contributed by atoms with Gasteiger partial charge in [0.05, 0.1) is 23.6 Å². The molecular formula is C20H19FN2O2S. The summed E-state index contributed by atoms with van der Waals surface area (Å²) in [4.78, 5) is 16.8. The third-order valence-electron chi connectivity index (χ3n) is 3.97. The molecule has 2 aromatic carbocycles. The zero-order valence-corrected chi connectivity index (χ0v) is 15.3. The number of nitrogens with one attached hydrogen (secondary N) is 1. The van der Waals surface area contributed by atoms with Gasteiger partial charge < -0.3 is 10.1 Å². The van der Waals surface area contributed by atoms with E-state index >= 15 is 0 Å². The summed E-state index contributed by atoms with van der Waals surface area (Å²) < 4.78 is 19.1. The molecule has 0 saturated heterocycles. The van der Waals surface area contributed by atoms with Crippen molar-refractivity contribution in [1.82, 2.24) is 4.98 Å². The van der Waals surface area contributed by atoms with Crippen LogP contribution in [0.3, 0.4) is 0 Å². The van der Waals surface area contributed by atoms with E-state index in [1.54, 1.807) is 31.5 Å². The molecule has 0 radical (unpaired) electrons. The molecule has 6 heteroatoms. The first-order chi connectivity index (χ1) is 12.6. The van der Waals surface area contributed by atoms with Gasteiger partial charge in [0.2, 0.25) is 5.91 Å². The maximum atomic E-state index is 13.8. The second-order valence-electron chi connectivity index (χ2n) is 5.78. The topological polar surface area (TPSA) is 51.2 Å². The van der Waals surface area contributed by atoms with Gasteiger partial charge in [0.25, 0.3) is 0 Å². The smallest absolute Gasteiger partial charge is 0.237 e. The van der Waals surface area contributed by atoms with Crippen molar-refractivity contribution in [1.29, 1.82) is 0 Å². The average molecular weight is 370 g/mol. The summed E-state index contributed by atoms with van der Waals surface area (Å²) in [7, 11) is 1.56. The number of hydrogen-bond acceptors (Lipinski definition) is 4. The Morgan fingerprint density at radius 2 is 2.08 bits per heavy atom. The van der Waals surface area contributed by atoms with Crippen molar-refractivity contribution in [3.05, 3.63) is 66.1 Å². The van der Waals surface area contributed by atoms with Crippen LogP contribution < -0.4 is 10.1 Å². The Balaban J connectivity index is 1.69. The number of fused-ring (bicyclic) bond motifs is 1. The van der Waals surface area contributed by atoms with Crippen LogP contribution in [-0.4, -0.2) is 23.3 Å². The molecule has 26 heavy (non-hydrogen) atoms. The number of aromatic nitrogens is 1. The number of benzene rings is 2. The quantitative estimate of drug-likeness (QED) is 0.687. The maximum absolute atomic E-state index is 13.8. The van der Waals surface area contributed by atoms with Crippen LogP contribution in [0.1, 0.15) is 12.5 Å². The third-order valence-corrected chi connectivity index (χ3v) is 5.16. The van der Waals surface area contributed by atoms with Gasteiger partial charge in [-0.2, -0.15) is 0 Å². The van der Waals surface area contributed by atoms with Crippen LogP contribution in [-0.2, 0) is 10.5 Å². The van der Waals surface area contributed by atoms with Crippen molar-refractivity contribution in [2.45, 2.75) is 17.9 Å². The number of ether oxygens (including phenoxy) is 1. The van der Waals surface area contributed by atoms with E-state index in [1.807, 2.05) is 25.1 Å². The Hall–Kier alpha value is -2.60.